The van der Waals surface area contributed by atoms with Crippen LogP contribution < -0.4 is 0 Å². The molecule has 29 heavy (non-hydrogen) atoms. The lowest BCUT2D eigenvalue weighted by molar-refractivity contribution is 0.445. The molecule has 0 aliphatic heterocycles. The zero-order valence-electron chi connectivity index (χ0n) is 15.7. The van der Waals surface area contributed by atoms with Gasteiger partial charge in [0, 0.05) is 33.8 Å². The Labute approximate surface area is 178 Å². The summed E-state index contributed by atoms with van der Waals surface area (Å²) in [7, 11) is 0. The van der Waals surface area contributed by atoms with E-state index in [0.29, 0.717) is 23.8 Å². The third-order valence-corrected chi connectivity index (χ3v) is 5.39. The van der Waals surface area contributed by atoms with Gasteiger partial charge in [0.15, 0.2) is 0 Å². The van der Waals surface area contributed by atoms with Crippen molar-refractivity contribution in [1.82, 2.24) is 0 Å². The Morgan fingerprint density at radius 1 is 0.793 bits per heavy atom. The molecule has 2 nitrogen and oxygen atoms in total. The zero-order chi connectivity index (χ0) is 20.2. The minimum absolute atomic E-state index is 0.0980. The standard InChI is InChI=1S/C26H19BrO2/c27-22-13-10-20(11-14-22)16-24-25(28)17-21-12-9-19(15-23(21)26(24)29)8-4-7-18-5-2-1-3-6-18/h1-3,5-6,9-15,17,28-29H,7,16H2. The molecule has 4 aromatic rings. The summed E-state index contributed by atoms with van der Waals surface area (Å²) in [5.74, 6) is 6.57. The van der Waals surface area contributed by atoms with E-state index in [-0.39, 0.29) is 11.5 Å². The molecule has 0 aliphatic carbocycles. The summed E-state index contributed by atoms with van der Waals surface area (Å²) < 4.78 is 0.993. The molecule has 0 saturated carbocycles. The molecule has 0 bridgehead atoms. The first-order chi connectivity index (χ1) is 14.1. The van der Waals surface area contributed by atoms with Crippen molar-refractivity contribution in [3.8, 4) is 23.3 Å². The summed E-state index contributed by atoms with van der Waals surface area (Å²) in [5, 5.41) is 22.8. The summed E-state index contributed by atoms with van der Waals surface area (Å²) >= 11 is 3.42. The van der Waals surface area contributed by atoms with Gasteiger partial charge in [-0.1, -0.05) is 76.3 Å². The number of aromatic hydroxyl groups is 2. The largest absolute Gasteiger partial charge is 0.507 e. The molecule has 4 aromatic carbocycles. The molecule has 0 radical (unpaired) electrons. The number of phenolic OH excluding ortho intramolecular Hbond substituents is 2. The summed E-state index contributed by atoms with van der Waals surface area (Å²) in [5.41, 5.74) is 3.54. The second-order valence-corrected chi connectivity index (χ2v) is 7.84. The molecule has 0 aromatic heterocycles. The smallest absolute Gasteiger partial charge is 0.130 e. The normalized spacial score (nSPS) is 10.5. The minimum Gasteiger partial charge on any atom is -0.507 e. The second-order valence-electron chi connectivity index (χ2n) is 6.93. The highest BCUT2D eigenvalue weighted by atomic mass is 79.9. The van der Waals surface area contributed by atoms with E-state index in [2.05, 4.69) is 39.9 Å². The average molecular weight is 443 g/mol. The van der Waals surface area contributed by atoms with Crippen LogP contribution in [0.1, 0.15) is 22.3 Å². The van der Waals surface area contributed by atoms with Crippen molar-refractivity contribution in [2.24, 2.45) is 0 Å². The number of hydrogen-bond acceptors (Lipinski definition) is 2. The minimum atomic E-state index is 0.0980. The fraction of sp³-hybridized carbons (Fsp3) is 0.0769. The van der Waals surface area contributed by atoms with E-state index in [9.17, 15) is 10.2 Å². The third kappa shape index (κ3) is 4.45. The van der Waals surface area contributed by atoms with Crippen LogP contribution in [0.3, 0.4) is 0 Å². The van der Waals surface area contributed by atoms with Crippen LogP contribution in [0.15, 0.2) is 83.3 Å². The molecule has 0 amide bonds. The van der Waals surface area contributed by atoms with Crippen LogP contribution in [0.25, 0.3) is 10.8 Å². The van der Waals surface area contributed by atoms with Crippen LogP contribution in [0.4, 0.5) is 0 Å². The van der Waals surface area contributed by atoms with E-state index in [1.807, 2.05) is 60.7 Å². The van der Waals surface area contributed by atoms with E-state index >= 15 is 0 Å². The molecular weight excluding hydrogens is 424 g/mol. The van der Waals surface area contributed by atoms with Crippen molar-refractivity contribution in [2.45, 2.75) is 12.8 Å². The first kappa shape index (κ1) is 19.1. The maximum absolute atomic E-state index is 10.9. The van der Waals surface area contributed by atoms with Crippen molar-refractivity contribution in [3.63, 3.8) is 0 Å². The Balaban J connectivity index is 1.66. The maximum atomic E-state index is 10.9. The highest BCUT2D eigenvalue weighted by molar-refractivity contribution is 9.10. The number of benzene rings is 4. The lowest BCUT2D eigenvalue weighted by atomic mass is 9.97. The molecule has 0 heterocycles. The van der Waals surface area contributed by atoms with Crippen molar-refractivity contribution in [1.29, 1.82) is 0 Å². The first-order valence-electron chi connectivity index (χ1n) is 9.35. The topological polar surface area (TPSA) is 40.5 Å². The monoisotopic (exact) mass is 442 g/mol. The van der Waals surface area contributed by atoms with Gasteiger partial charge in [-0.2, -0.15) is 0 Å². The molecule has 142 valence electrons. The molecule has 3 heteroatoms. The molecule has 0 atom stereocenters. The highest BCUT2D eigenvalue weighted by Gasteiger charge is 2.13. The number of phenols is 2. The number of rotatable bonds is 3. The molecule has 0 aliphatic rings. The van der Waals surface area contributed by atoms with Gasteiger partial charge in [0.25, 0.3) is 0 Å². The average Bonchev–Trinajstić information content (AvgIpc) is 2.74. The Morgan fingerprint density at radius 3 is 2.31 bits per heavy atom. The van der Waals surface area contributed by atoms with Gasteiger partial charge in [0.2, 0.25) is 0 Å². The van der Waals surface area contributed by atoms with Crippen LogP contribution >= 0.6 is 15.9 Å². The van der Waals surface area contributed by atoms with Crippen molar-refractivity contribution in [2.75, 3.05) is 0 Å². The summed E-state index contributed by atoms with van der Waals surface area (Å²) in [4.78, 5) is 0. The molecule has 0 spiro atoms. The Kier molecular flexibility index (Phi) is 5.55. The molecule has 0 unspecified atom stereocenters. The summed E-state index contributed by atoms with van der Waals surface area (Å²) in [6.07, 6.45) is 1.13. The molecule has 0 fully saturated rings. The van der Waals surface area contributed by atoms with Crippen LogP contribution in [-0.2, 0) is 12.8 Å². The predicted molar refractivity (Wildman–Crippen MR) is 121 cm³/mol. The van der Waals surface area contributed by atoms with Gasteiger partial charge in [-0.15, -0.1) is 0 Å². The molecule has 4 rings (SSSR count). The number of halogens is 1. The van der Waals surface area contributed by atoms with Gasteiger partial charge < -0.3 is 10.2 Å². The quantitative estimate of drug-likeness (QED) is 0.370. The first-order valence-corrected chi connectivity index (χ1v) is 10.1. The van der Waals surface area contributed by atoms with Crippen molar-refractivity contribution >= 4 is 26.7 Å². The Hall–Kier alpha value is -3.22. The lowest BCUT2D eigenvalue weighted by Gasteiger charge is -2.11. The second kappa shape index (κ2) is 8.43. The summed E-state index contributed by atoms with van der Waals surface area (Å²) in [6, 6.07) is 25.3. The van der Waals surface area contributed by atoms with Gasteiger partial charge in [-0.3, -0.25) is 0 Å². The predicted octanol–water partition coefficient (Wildman–Crippen LogP) is 6.20. The lowest BCUT2D eigenvalue weighted by Crippen LogP contribution is -1.92. The summed E-state index contributed by atoms with van der Waals surface area (Å²) in [6.45, 7) is 0. The van der Waals surface area contributed by atoms with E-state index in [1.165, 1.54) is 5.56 Å². The van der Waals surface area contributed by atoms with Gasteiger partial charge in [-0.05, 0) is 46.8 Å². The van der Waals surface area contributed by atoms with Crippen LogP contribution in [0, 0.1) is 11.8 Å². The van der Waals surface area contributed by atoms with E-state index in [1.54, 1.807) is 6.07 Å². The number of fused-ring (bicyclic) bond motifs is 1. The van der Waals surface area contributed by atoms with Gasteiger partial charge in [-0.25, -0.2) is 0 Å². The molecule has 2 N–H and O–H groups in total. The fourth-order valence-corrected chi connectivity index (χ4v) is 3.57. The SMILES string of the molecule is Oc1cc2ccc(C#CCc3ccccc3)cc2c(O)c1Cc1ccc(Br)cc1. The molecule has 0 saturated heterocycles. The maximum Gasteiger partial charge on any atom is 0.130 e. The van der Waals surface area contributed by atoms with E-state index < -0.39 is 0 Å². The Morgan fingerprint density at radius 2 is 1.55 bits per heavy atom. The van der Waals surface area contributed by atoms with Gasteiger partial charge >= 0.3 is 0 Å². The van der Waals surface area contributed by atoms with Crippen molar-refractivity contribution < 1.29 is 10.2 Å². The third-order valence-electron chi connectivity index (χ3n) is 4.86. The van der Waals surface area contributed by atoms with Crippen LogP contribution in [0.2, 0.25) is 0 Å². The van der Waals surface area contributed by atoms with E-state index in [0.717, 1.165) is 21.0 Å². The van der Waals surface area contributed by atoms with Crippen LogP contribution in [0.5, 0.6) is 11.5 Å². The van der Waals surface area contributed by atoms with E-state index in [4.69, 9.17) is 0 Å². The van der Waals surface area contributed by atoms with Gasteiger partial charge in [0.1, 0.15) is 11.5 Å². The zero-order valence-corrected chi connectivity index (χ0v) is 17.3. The van der Waals surface area contributed by atoms with Crippen LogP contribution in [-0.4, -0.2) is 10.2 Å². The van der Waals surface area contributed by atoms with Crippen molar-refractivity contribution in [3.05, 3.63) is 106 Å². The highest BCUT2D eigenvalue weighted by Crippen LogP contribution is 2.37. The van der Waals surface area contributed by atoms with Gasteiger partial charge in [0.05, 0.1) is 0 Å². The fourth-order valence-electron chi connectivity index (χ4n) is 3.31. The Bertz CT molecular complexity index is 1220. The molecular formula is C26H19BrO2. The number of hydrogen-bond donors (Lipinski definition) is 2.